The fourth-order valence-corrected chi connectivity index (χ4v) is 2.05. The number of azide groups is 1. The summed E-state index contributed by atoms with van der Waals surface area (Å²) in [5.74, 6) is -1.61. The van der Waals surface area contributed by atoms with Crippen LogP contribution in [0.5, 0.6) is 0 Å². The van der Waals surface area contributed by atoms with Crippen LogP contribution in [-0.4, -0.2) is 39.4 Å². The van der Waals surface area contributed by atoms with Crippen LogP contribution in [0.4, 0.5) is 0 Å². The van der Waals surface area contributed by atoms with Crippen LogP contribution in [0.1, 0.15) is 20.3 Å². The third kappa shape index (κ3) is 4.69. The Bertz CT molecular complexity index is 422. The summed E-state index contributed by atoms with van der Waals surface area (Å²) in [5.41, 5.74) is 6.93. The van der Waals surface area contributed by atoms with Crippen LogP contribution < -0.4 is 5.32 Å². The summed E-state index contributed by atoms with van der Waals surface area (Å²) >= 11 is 12.3. The van der Waals surface area contributed by atoms with Crippen molar-refractivity contribution in [2.24, 2.45) is 10.5 Å². The monoisotopic (exact) mass is 338 g/mol. The quantitative estimate of drug-likeness (QED) is 0.116. The van der Waals surface area contributed by atoms with Gasteiger partial charge in [-0.1, -0.05) is 5.11 Å². The van der Waals surface area contributed by atoms with E-state index in [0.29, 0.717) is 13.0 Å². The van der Waals surface area contributed by atoms with Crippen molar-refractivity contribution in [2.75, 3.05) is 13.1 Å². The first-order chi connectivity index (χ1) is 9.09. The van der Waals surface area contributed by atoms with E-state index in [2.05, 4.69) is 53.2 Å². The number of nitrogens with one attached hydrogen (secondary N) is 1. The standard InChI is InChI=1S/C10H18N4O3S3/c1-9(2,10(19,20)6(18)7(15)16)8(17)12-4-3-5-13-14-11/h6,18-20H,3-5H2,1-2H3,(H,12,17)(H,15,16). The molecule has 20 heavy (non-hydrogen) atoms. The number of hydrogen-bond donors (Lipinski definition) is 5. The van der Waals surface area contributed by atoms with Gasteiger partial charge < -0.3 is 10.4 Å². The maximum Gasteiger partial charge on any atom is 0.318 e. The van der Waals surface area contributed by atoms with Crippen LogP contribution in [0.15, 0.2) is 5.11 Å². The first-order valence-corrected chi connectivity index (χ1v) is 7.15. The molecule has 1 unspecified atom stereocenters. The Morgan fingerprint density at radius 3 is 2.45 bits per heavy atom. The molecule has 7 nitrogen and oxygen atoms in total. The number of aliphatic carboxylic acids is 1. The lowest BCUT2D eigenvalue weighted by Gasteiger charge is -2.40. The summed E-state index contributed by atoms with van der Waals surface area (Å²) in [6, 6.07) is 0. The highest BCUT2D eigenvalue weighted by molar-refractivity contribution is 8.02. The van der Waals surface area contributed by atoms with Crippen molar-refractivity contribution in [2.45, 2.75) is 29.6 Å². The second kappa shape index (κ2) is 7.92. The fraction of sp³-hybridized carbons (Fsp3) is 0.800. The van der Waals surface area contributed by atoms with Crippen LogP contribution in [0.3, 0.4) is 0 Å². The number of carbonyl (C=O) groups excluding carboxylic acids is 1. The van der Waals surface area contributed by atoms with E-state index < -0.39 is 26.6 Å². The molecule has 0 aliphatic carbocycles. The summed E-state index contributed by atoms with van der Waals surface area (Å²) < 4.78 is -1.45. The van der Waals surface area contributed by atoms with E-state index in [1.54, 1.807) is 13.8 Å². The SMILES string of the molecule is CC(C)(C(=O)NCCCN=[N+]=[N-])C(S)(S)C(S)C(=O)O. The van der Waals surface area contributed by atoms with Gasteiger partial charge in [-0.05, 0) is 25.8 Å². The van der Waals surface area contributed by atoms with E-state index in [1.165, 1.54) is 0 Å². The number of nitrogens with zero attached hydrogens (tertiary/aromatic N) is 3. The molecule has 1 amide bonds. The molecule has 0 radical (unpaired) electrons. The number of rotatable bonds is 8. The number of amides is 1. The number of hydrogen-bond acceptors (Lipinski definition) is 6. The molecular weight excluding hydrogens is 320 g/mol. The number of carboxylic acid groups (broad SMARTS) is 1. The Morgan fingerprint density at radius 2 is 2.00 bits per heavy atom. The van der Waals surface area contributed by atoms with Crippen molar-refractivity contribution < 1.29 is 14.7 Å². The predicted octanol–water partition coefficient (Wildman–Crippen LogP) is 1.77. The molecule has 0 spiro atoms. The van der Waals surface area contributed by atoms with Gasteiger partial charge >= 0.3 is 5.97 Å². The van der Waals surface area contributed by atoms with Gasteiger partial charge in [0.15, 0.2) is 0 Å². The van der Waals surface area contributed by atoms with Crippen molar-refractivity contribution in [1.82, 2.24) is 5.32 Å². The Labute approximate surface area is 133 Å². The van der Waals surface area contributed by atoms with Crippen LogP contribution in [0, 0.1) is 5.41 Å². The van der Waals surface area contributed by atoms with Gasteiger partial charge in [-0.15, -0.1) is 0 Å². The van der Waals surface area contributed by atoms with Gasteiger partial charge in [-0.25, -0.2) is 0 Å². The smallest absolute Gasteiger partial charge is 0.318 e. The van der Waals surface area contributed by atoms with Crippen molar-refractivity contribution >= 4 is 49.8 Å². The zero-order valence-corrected chi connectivity index (χ0v) is 13.8. The summed E-state index contributed by atoms with van der Waals surface area (Å²) in [4.78, 5) is 25.7. The fourth-order valence-electron chi connectivity index (χ4n) is 1.30. The lowest BCUT2D eigenvalue weighted by atomic mass is 9.85. The van der Waals surface area contributed by atoms with Gasteiger partial charge in [0.05, 0.1) is 9.49 Å². The molecule has 0 fully saturated rings. The molecular formula is C10H18N4O3S3. The topological polar surface area (TPSA) is 115 Å². The highest BCUT2D eigenvalue weighted by Gasteiger charge is 2.51. The van der Waals surface area contributed by atoms with Gasteiger partial charge in [0.25, 0.3) is 0 Å². The minimum atomic E-state index is -1.45. The summed E-state index contributed by atoms with van der Waals surface area (Å²) in [5, 5.41) is 13.7. The first kappa shape index (κ1) is 19.3. The highest BCUT2D eigenvalue weighted by atomic mass is 32.2. The lowest BCUT2D eigenvalue weighted by Crippen LogP contribution is -2.54. The molecule has 0 aliphatic heterocycles. The Hall–Kier alpha value is -0.700. The van der Waals surface area contributed by atoms with E-state index in [1.807, 2.05) is 0 Å². The second-order valence-corrected chi connectivity index (χ2v) is 6.94. The predicted molar refractivity (Wildman–Crippen MR) is 86.5 cm³/mol. The van der Waals surface area contributed by atoms with E-state index >= 15 is 0 Å². The normalized spacial score (nSPS) is 13.2. The Morgan fingerprint density at radius 1 is 1.45 bits per heavy atom. The van der Waals surface area contributed by atoms with Crippen molar-refractivity contribution in [3.8, 4) is 0 Å². The molecule has 0 heterocycles. The minimum absolute atomic E-state index is 0.272. The zero-order valence-electron chi connectivity index (χ0n) is 11.1. The van der Waals surface area contributed by atoms with Gasteiger partial charge in [-0.2, -0.15) is 37.9 Å². The minimum Gasteiger partial charge on any atom is -0.480 e. The summed E-state index contributed by atoms with van der Waals surface area (Å²) in [6.45, 7) is 3.67. The van der Waals surface area contributed by atoms with Gasteiger partial charge in [0.1, 0.15) is 5.25 Å². The van der Waals surface area contributed by atoms with Gasteiger partial charge in [0.2, 0.25) is 5.91 Å². The van der Waals surface area contributed by atoms with E-state index in [0.717, 1.165) is 0 Å². The molecule has 2 N–H and O–H groups in total. The second-order valence-electron chi connectivity index (χ2n) is 4.66. The van der Waals surface area contributed by atoms with E-state index in [-0.39, 0.29) is 6.54 Å². The molecule has 10 heteroatoms. The van der Waals surface area contributed by atoms with Gasteiger partial charge in [0, 0.05) is 18.0 Å². The van der Waals surface area contributed by atoms with Crippen LogP contribution in [-0.2, 0) is 9.59 Å². The van der Waals surface area contributed by atoms with Crippen LogP contribution >= 0.6 is 37.9 Å². The van der Waals surface area contributed by atoms with Crippen molar-refractivity contribution in [3.63, 3.8) is 0 Å². The number of carbonyl (C=O) groups is 2. The van der Waals surface area contributed by atoms with Crippen molar-refractivity contribution in [1.29, 1.82) is 0 Å². The summed E-state index contributed by atoms with van der Waals surface area (Å²) in [7, 11) is 0. The van der Waals surface area contributed by atoms with Crippen LogP contribution in [0.2, 0.25) is 0 Å². The molecule has 0 aromatic carbocycles. The highest BCUT2D eigenvalue weighted by Crippen LogP contribution is 2.45. The third-order valence-electron chi connectivity index (χ3n) is 2.89. The molecule has 0 saturated carbocycles. The zero-order chi connectivity index (χ0) is 16.0. The van der Waals surface area contributed by atoms with Gasteiger partial charge in [-0.3, -0.25) is 9.59 Å². The van der Waals surface area contributed by atoms with Crippen molar-refractivity contribution in [3.05, 3.63) is 10.4 Å². The average Bonchev–Trinajstić information content (AvgIpc) is 2.36. The van der Waals surface area contributed by atoms with E-state index in [9.17, 15) is 9.59 Å². The number of thiol groups is 3. The maximum absolute atomic E-state index is 12.1. The molecule has 0 rings (SSSR count). The average molecular weight is 338 g/mol. The number of carboxylic acids is 1. The maximum atomic E-state index is 12.1. The lowest BCUT2D eigenvalue weighted by molar-refractivity contribution is -0.137. The van der Waals surface area contributed by atoms with Crippen LogP contribution in [0.25, 0.3) is 10.4 Å². The Balaban J connectivity index is 4.72. The molecule has 114 valence electrons. The Kier molecular flexibility index (Phi) is 7.64. The third-order valence-corrected chi connectivity index (χ3v) is 5.54. The molecule has 0 saturated heterocycles. The molecule has 0 bridgehead atoms. The molecule has 1 atom stereocenters. The summed E-state index contributed by atoms with van der Waals surface area (Å²) in [6.07, 6.45) is 0.487. The molecule has 0 aliphatic rings. The molecule has 0 aromatic rings. The first-order valence-electron chi connectivity index (χ1n) is 5.73. The van der Waals surface area contributed by atoms with E-state index in [4.69, 9.17) is 10.6 Å². The largest absolute Gasteiger partial charge is 0.480 e. The molecule has 0 aromatic heterocycles.